The molecule has 0 aromatic heterocycles. The molecule has 0 saturated heterocycles. The molecule has 102 valence electrons. The Hall–Kier alpha value is -0.810. The van der Waals surface area contributed by atoms with Crippen molar-refractivity contribution in [3.63, 3.8) is 0 Å². The average Bonchev–Trinajstić information content (AvgIpc) is 2.26. The first-order chi connectivity index (χ1) is 7.91. The van der Waals surface area contributed by atoms with E-state index >= 15 is 0 Å². The minimum atomic E-state index is 0.263. The minimum Gasteiger partial charge on any atom is -0.385 e. The SMILES string of the molecule is COCCCNC(=NCC(C)C(C)(C)C)NN. The molecule has 0 aliphatic carbocycles. The maximum Gasteiger partial charge on any atom is 0.205 e. The summed E-state index contributed by atoms with van der Waals surface area (Å²) >= 11 is 0. The molecule has 4 N–H and O–H groups in total. The number of nitrogens with one attached hydrogen (secondary N) is 2. The van der Waals surface area contributed by atoms with Gasteiger partial charge in [0.2, 0.25) is 5.96 Å². The van der Waals surface area contributed by atoms with Crippen molar-refractivity contribution in [1.82, 2.24) is 10.7 Å². The zero-order chi connectivity index (χ0) is 13.3. The summed E-state index contributed by atoms with van der Waals surface area (Å²) in [5.74, 6) is 6.56. The summed E-state index contributed by atoms with van der Waals surface area (Å²) in [4.78, 5) is 4.43. The van der Waals surface area contributed by atoms with E-state index in [-0.39, 0.29) is 5.41 Å². The number of aliphatic imine (C=N–C) groups is 1. The Balaban J connectivity index is 4.00. The maximum atomic E-state index is 5.41. The Kier molecular flexibility index (Phi) is 7.91. The van der Waals surface area contributed by atoms with Crippen molar-refractivity contribution in [3.8, 4) is 0 Å². The average molecular weight is 244 g/mol. The molecule has 0 aliphatic rings. The van der Waals surface area contributed by atoms with Crippen LogP contribution in [0.25, 0.3) is 0 Å². The first-order valence-corrected chi connectivity index (χ1v) is 6.15. The lowest BCUT2D eigenvalue weighted by atomic mass is 9.82. The summed E-state index contributed by atoms with van der Waals surface area (Å²) in [5, 5.41) is 3.14. The van der Waals surface area contributed by atoms with Crippen LogP contribution < -0.4 is 16.6 Å². The lowest BCUT2D eigenvalue weighted by Gasteiger charge is -2.25. The van der Waals surface area contributed by atoms with Crippen LogP contribution in [0, 0.1) is 11.3 Å². The van der Waals surface area contributed by atoms with Crippen LogP contribution in [-0.4, -0.2) is 32.8 Å². The monoisotopic (exact) mass is 244 g/mol. The van der Waals surface area contributed by atoms with Crippen LogP contribution in [0.3, 0.4) is 0 Å². The molecule has 0 amide bonds. The highest BCUT2D eigenvalue weighted by atomic mass is 16.5. The predicted octanol–water partition coefficient (Wildman–Crippen LogP) is 1.11. The van der Waals surface area contributed by atoms with E-state index in [0.29, 0.717) is 11.9 Å². The zero-order valence-corrected chi connectivity index (χ0v) is 11.8. The van der Waals surface area contributed by atoms with Gasteiger partial charge in [-0.3, -0.25) is 10.4 Å². The zero-order valence-electron chi connectivity index (χ0n) is 11.8. The number of hydrogen-bond donors (Lipinski definition) is 3. The van der Waals surface area contributed by atoms with Crippen molar-refractivity contribution in [2.75, 3.05) is 26.8 Å². The molecule has 5 nitrogen and oxygen atoms in total. The molecule has 0 bridgehead atoms. The minimum absolute atomic E-state index is 0.263. The second kappa shape index (κ2) is 8.31. The molecule has 0 spiro atoms. The summed E-state index contributed by atoms with van der Waals surface area (Å²) < 4.78 is 4.97. The smallest absolute Gasteiger partial charge is 0.205 e. The number of guanidine groups is 1. The van der Waals surface area contributed by atoms with Gasteiger partial charge in [-0.15, -0.1) is 0 Å². The molecule has 1 unspecified atom stereocenters. The highest BCUT2D eigenvalue weighted by Crippen LogP contribution is 2.25. The van der Waals surface area contributed by atoms with Crippen LogP contribution in [0.2, 0.25) is 0 Å². The van der Waals surface area contributed by atoms with Crippen molar-refractivity contribution in [1.29, 1.82) is 0 Å². The van der Waals surface area contributed by atoms with E-state index < -0.39 is 0 Å². The van der Waals surface area contributed by atoms with Crippen LogP contribution in [0.15, 0.2) is 4.99 Å². The fourth-order valence-electron chi connectivity index (χ4n) is 1.08. The normalized spacial score (nSPS) is 14.6. The van der Waals surface area contributed by atoms with Gasteiger partial charge in [0.15, 0.2) is 0 Å². The highest BCUT2D eigenvalue weighted by Gasteiger charge is 2.19. The highest BCUT2D eigenvalue weighted by molar-refractivity contribution is 5.79. The number of nitrogens with zero attached hydrogens (tertiary/aromatic N) is 1. The van der Waals surface area contributed by atoms with Crippen molar-refractivity contribution in [2.24, 2.45) is 22.2 Å². The standard InChI is InChI=1S/C12H28N4O/c1-10(12(2,3)4)9-15-11(16-13)14-7-6-8-17-5/h10H,6-9,13H2,1-5H3,(H2,14,15,16). The first kappa shape index (κ1) is 16.2. The van der Waals surface area contributed by atoms with E-state index in [4.69, 9.17) is 10.6 Å². The summed E-state index contributed by atoms with van der Waals surface area (Å²) in [5.41, 5.74) is 2.85. The molecule has 17 heavy (non-hydrogen) atoms. The van der Waals surface area contributed by atoms with E-state index in [2.05, 4.69) is 43.4 Å². The van der Waals surface area contributed by atoms with Gasteiger partial charge in [-0.05, 0) is 17.8 Å². The quantitative estimate of drug-likeness (QED) is 0.215. The van der Waals surface area contributed by atoms with E-state index in [1.165, 1.54) is 0 Å². The van der Waals surface area contributed by atoms with E-state index in [9.17, 15) is 0 Å². The Morgan fingerprint density at radius 2 is 2.06 bits per heavy atom. The van der Waals surface area contributed by atoms with E-state index in [1.807, 2.05) is 0 Å². The molecular formula is C12H28N4O. The van der Waals surface area contributed by atoms with E-state index in [0.717, 1.165) is 26.1 Å². The molecular weight excluding hydrogens is 216 g/mol. The molecule has 0 aromatic rings. The fraction of sp³-hybridized carbons (Fsp3) is 0.917. The van der Waals surface area contributed by atoms with Crippen molar-refractivity contribution in [2.45, 2.75) is 34.1 Å². The van der Waals surface area contributed by atoms with Crippen LogP contribution >= 0.6 is 0 Å². The van der Waals surface area contributed by atoms with Gasteiger partial charge < -0.3 is 10.1 Å². The predicted molar refractivity (Wildman–Crippen MR) is 72.7 cm³/mol. The van der Waals surface area contributed by atoms with Gasteiger partial charge in [-0.25, -0.2) is 5.84 Å². The topological polar surface area (TPSA) is 71.7 Å². The van der Waals surface area contributed by atoms with Crippen molar-refractivity contribution < 1.29 is 4.74 Å². The van der Waals surface area contributed by atoms with Gasteiger partial charge in [-0.1, -0.05) is 27.7 Å². The summed E-state index contributed by atoms with van der Waals surface area (Å²) in [6, 6.07) is 0. The van der Waals surface area contributed by atoms with Gasteiger partial charge >= 0.3 is 0 Å². The third-order valence-corrected chi connectivity index (χ3v) is 2.96. The summed E-state index contributed by atoms with van der Waals surface area (Å²) in [6.45, 7) is 11.2. The fourth-order valence-corrected chi connectivity index (χ4v) is 1.08. The number of rotatable bonds is 6. The third-order valence-electron chi connectivity index (χ3n) is 2.96. The maximum absolute atomic E-state index is 5.41. The van der Waals surface area contributed by atoms with Crippen molar-refractivity contribution in [3.05, 3.63) is 0 Å². The molecule has 0 radical (unpaired) electrons. The van der Waals surface area contributed by atoms with Crippen molar-refractivity contribution >= 4 is 5.96 Å². The van der Waals surface area contributed by atoms with Gasteiger partial charge in [0.25, 0.3) is 0 Å². The van der Waals surface area contributed by atoms with Crippen LogP contribution in [0.5, 0.6) is 0 Å². The van der Waals surface area contributed by atoms with Gasteiger partial charge in [0.05, 0.1) is 0 Å². The Morgan fingerprint density at radius 3 is 2.53 bits per heavy atom. The molecule has 0 aromatic carbocycles. The Bertz CT molecular complexity index is 223. The number of hydrazine groups is 1. The molecule has 0 rings (SSSR count). The van der Waals surface area contributed by atoms with E-state index in [1.54, 1.807) is 7.11 Å². The third kappa shape index (κ3) is 7.99. The molecule has 0 heterocycles. The summed E-state index contributed by atoms with van der Waals surface area (Å²) in [7, 11) is 1.70. The number of methoxy groups -OCH3 is 1. The molecule has 0 fully saturated rings. The van der Waals surface area contributed by atoms with Crippen LogP contribution in [-0.2, 0) is 4.74 Å². The lowest BCUT2D eigenvalue weighted by Crippen LogP contribution is -2.42. The Morgan fingerprint density at radius 1 is 1.41 bits per heavy atom. The van der Waals surface area contributed by atoms with Gasteiger partial charge in [0.1, 0.15) is 0 Å². The molecule has 0 saturated carbocycles. The largest absolute Gasteiger partial charge is 0.385 e. The first-order valence-electron chi connectivity index (χ1n) is 6.15. The summed E-state index contributed by atoms with van der Waals surface area (Å²) in [6.07, 6.45) is 0.937. The molecule has 0 aliphatic heterocycles. The van der Waals surface area contributed by atoms with Gasteiger partial charge in [0, 0.05) is 26.8 Å². The number of ether oxygens (including phenoxy) is 1. The Labute approximate surface area is 105 Å². The lowest BCUT2D eigenvalue weighted by molar-refractivity contribution is 0.195. The van der Waals surface area contributed by atoms with Gasteiger partial charge in [-0.2, -0.15) is 0 Å². The number of nitrogens with two attached hydrogens (primary N) is 1. The second-order valence-corrected chi connectivity index (χ2v) is 5.37. The molecule has 5 heteroatoms. The van der Waals surface area contributed by atoms with Crippen LogP contribution in [0.4, 0.5) is 0 Å². The second-order valence-electron chi connectivity index (χ2n) is 5.37. The molecule has 1 atom stereocenters. The van der Waals surface area contributed by atoms with Crippen LogP contribution in [0.1, 0.15) is 34.1 Å². The number of hydrogen-bond acceptors (Lipinski definition) is 3.